The van der Waals surface area contributed by atoms with E-state index in [2.05, 4.69) is 0 Å². The third-order valence-electron chi connectivity index (χ3n) is 3.60. The summed E-state index contributed by atoms with van der Waals surface area (Å²) < 4.78 is 37.9. The van der Waals surface area contributed by atoms with Crippen LogP contribution in [0.3, 0.4) is 0 Å². The fourth-order valence-electron chi connectivity index (χ4n) is 2.57. The molecule has 0 aromatic heterocycles. The van der Waals surface area contributed by atoms with Gasteiger partial charge in [-0.05, 0) is 36.1 Å². The Hall–Kier alpha value is -2.50. The average Bonchev–Trinajstić information content (AvgIpc) is 2.65. The molecule has 0 aliphatic carbocycles. The van der Waals surface area contributed by atoms with Gasteiger partial charge in [-0.3, -0.25) is 15.2 Å². The van der Waals surface area contributed by atoms with Gasteiger partial charge in [0.05, 0.1) is 11.4 Å². The molecule has 0 atom stereocenters. The number of halogens is 3. The number of carbonyl (C=O) groups is 1. The van der Waals surface area contributed by atoms with Crippen molar-refractivity contribution in [1.82, 2.24) is 5.43 Å². The van der Waals surface area contributed by atoms with Crippen molar-refractivity contribution in [3.05, 3.63) is 59.7 Å². The normalized spacial score (nSPS) is 13.9. The van der Waals surface area contributed by atoms with Crippen LogP contribution in [0.15, 0.2) is 48.5 Å². The second kappa shape index (κ2) is 5.36. The second-order valence-corrected chi connectivity index (χ2v) is 5.03. The number of amides is 1. The largest absolute Gasteiger partial charge is 0.472 e. The van der Waals surface area contributed by atoms with Gasteiger partial charge in [-0.2, -0.15) is 13.2 Å². The summed E-state index contributed by atoms with van der Waals surface area (Å²) in [5, 5.41) is 1.23. The van der Waals surface area contributed by atoms with E-state index in [0.717, 1.165) is 11.1 Å². The number of para-hydroxylation sites is 2. The van der Waals surface area contributed by atoms with Crippen LogP contribution in [0.4, 0.5) is 24.5 Å². The average molecular weight is 306 g/mol. The second-order valence-electron chi connectivity index (χ2n) is 5.03. The summed E-state index contributed by atoms with van der Waals surface area (Å²) in [5.74, 6) is -1.99. The molecule has 3 nitrogen and oxygen atoms in total. The Morgan fingerprint density at radius 1 is 0.909 bits per heavy atom. The summed E-state index contributed by atoms with van der Waals surface area (Å²) in [4.78, 5) is 11.4. The first-order valence-corrected chi connectivity index (χ1v) is 6.80. The molecule has 0 spiro atoms. The van der Waals surface area contributed by atoms with Gasteiger partial charge in [-0.25, -0.2) is 0 Å². The summed E-state index contributed by atoms with van der Waals surface area (Å²) in [6.07, 6.45) is -3.53. The van der Waals surface area contributed by atoms with Crippen LogP contribution in [0.5, 0.6) is 0 Å². The molecule has 0 saturated carbocycles. The predicted octanol–water partition coefficient (Wildman–Crippen LogP) is 3.52. The van der Waals surface area contributed by atoms with Crippen LogP contribution in [0, 0.1) is 0 Å². The third kappa shape index (κ3) is 2.64. The third-order valence-corrected chi connectivity index (χ3v) is 3.60. The number of aryl methyl sites for hydroxylation is 2. The Morgan fingerprint density at radius 2 is 1.36 bits per heavy atom. The van der Waals surface area contributed by atoms with Gasteiger partial charge in [0.25, 0.3) is 0 Å². The van der Waals surface area contributed by atoms with E-state index in [1.807, 2.05) is 29.7 Å². The molecule has 1 N–H and O–H groups in total. The van der Waals surface area contributed by atoms with Crippen molar-refractivity contribution in [2.24, 2.45) is 0 Å². The van der Waals surface area contributed by atoms with Crippen LogP contribution in [0.1, 0.15) is 11.1 Å². The fraction of sp³-hybridized carbons (Fsp3) is 0.188. The maximum Gasteiger partial charge on any atom is 0.472 e. The molecule has 0 bridgehead atoms. The smallest absolute Gasteiger partial charge is 0.263 e. The summed E-state index contributed by atoms with van der Waals surface area (Å²) in [6.45, 7) is 0. The lowest BCUT2D eigenvalue weighted by atomic mass is 10.0. The number of nitrogens with zero attached hydrogens (tertiary/aromatic N) is 1. The number of rotatable bonds is 1. The van der Waals surface area contributed by atoms with Crippen LogP contribution in [-0.4, -0.2) is 12.1 Å². The number of benzene rings is 2. The van der Waals surface area contributed by atoms with Crippen LogP contribution >= 0.6 is 0 Å². The van der Waals surface area contributed by atoms with Crippen molar-refractivity contribution in [2.75, 3.05) is 5.01 Å². The predicted molar refractivity (Wildman–Crippen MR) is 76.6 cm³/mol. The Balaban J connectivity index is 2.08. The minimum Gasteiger partial charge on any atom is -0.263 e. The maximum atomic E-state index is 12.6. The van der Waals surface area contributed by atoms with Crippen molar-refractivity contribution in [1.29, 1.82) is 0 Å². The number of alkyl halides is 3. The molecule has 1 aliphatic rings. The fourth-order valence-corrected chi connectivity index (χ4v) is 2.57. The van der Waals surface area contributed by atoms with Gasteiger partial charge in [0, 0.05) is 0 Å². The zero-order valence-corrected chi connectivity index (χ0v) is 11.5. The Labute approximate surface area is 125 Å². The number of hydrazine groups is 1. The van der Waals surface area contributed by atoms with E-state index in [9.17, 15) is 18.0 Å². The number of anilines is 2. The monoisotopic (exact) mass is 306 g/mol. The molecule has 114 valence electrons. The van der Waals surface area contributed by atoms with Gasteiger partial charge < -0.3 is 0 Å². The molecular formula is C16H13F3N2O. The van der Waals surface area contributed by atoms with Crippen LogP contribution < -0.4 is 10.4 Å². The van der Waals surface area contributed by atoms with Gasteiger partial charge in [0.1, 0.15) is 0 Å². The van der Waals surface area contributed by atoms with Gasteiger partial charge in [0.2, 0.25) is 0 Å². The van der Waals surface area contributed by atoms with Crippen molar-refractivity contribution < 1.29 is 18.0 Å². The van der Waals surface area contributed by atoms with Crippen LogP contribution in [0.25, 0.3) is 0 Å². The van der Waals surface area contributed by atoms with Gasteiger partial charge in [-0.15, -0.1) is 0 Å². The molecule has 6 heteroatoms. The zero-order chi connectivity index (χ0) is 15.7. The number of hydrogen-bond acceptors (Lipinski definition) is 2. The highest BCUT2D eigenvalue weighted by atomic mass is 19.4. The quantitative estimate of drug-likeness (QED) is 0.874. The Bertz CT molecular complexity index is 665. The van der Waals surface area contributed by atoms with Crippen LogP contribution in [-0.2, 0) is 17.6 Å². The highest BCUT2D eigenvalue weighted by molar-refractivity contribution is 5.86. The maximum absolute atomic E-state index is 12.6. The molecule has 1 amide bonds. The molecule has 0 radical (unpaired) electrons. The van der Waals surface area contributed by atoms with E-state index in [0.29, 0.717) is 24.2 Å². The van der Waals surface area contributed by atoms with E-state index in [1.165, 1.54) is 5.01 Å². The van der Waals surface area contributed by atoms with E-state index in [4.69, 9.17) is 0 Å². The van der Waals surface area contributed by atoms with E-state index >= 15 is 0 Å². The number of nitrogens with one attached hydrogen (secondary N) is 1. The van der Waals surface area contributed by atoms with E-state index in [1.54, 1.807) is 24.3 Å². The highest BCUT2D eigenvalue weighted by Gasteiger charge is 2.40. The number of fused-ring (bicyclic) bond motifs is 2. The zero-order valence-electron chi connectivity index (χ0n) is 11.5. The Morgan fingerprint density at radius 3 is 1.82 bits per heavy atom. The lowest BCUT2D eigenvalue weighted by Crippen LogP contribution is -2.46. The molecule has 0 saturated heterocycles. The summed E-state index contributed by atoms with van der Waals surface area (Å²) in [7, 11) is 0. The van der Waals surface area contributed by atoms with Gasteiger partial charge in [-0.1, -0.05) is 36.4 Å². The summed E-state index contributed by atoms with van der Waals surface area (Å²) >= 11 is 0. The molecule has 0 fully saturated rings. The first-order valence-electron chi connectivity index (χ1n) is 6.80. The number of hydrogen-bond donors (Lipinski definition) is 1. The summed E-state index contributed by atoms with van der Waals surface area (Å²) in [6, 6.07) is 14.3. The topological polar surface area (TPSA) is 32.3 Å². The van der Waals surface area contributed by atoms with Crippen molar-refractivity contribution in [3.8, 4) is 0 Å². The summed E-state index contributed by atoms with van der Waals surface area (Å²) in [5.41, 5.74) is 4.88. The van der Waals surface area contributed by atoms with E-state index < -0.39 is 12.1 Å². The van der Waals surface area contributed by atoms with Gasteiger partial charge >= 0.3 is 12.1 Å². The minimum absolute atomic E-state index is 0.560. The molecule has 22 heavy (non-hydrogen) atoms. The lowest BCUT2D eigenvalue weighted by molar-refractivity contribution is -0.173. The molecule has 1 aliphatic heterocycles. The lowest BCUT2D eigenvalue weighted by Gasteiger charge is -2.27. The molecule has 1 heterocycles. The Kier molecular flexibility index (Phi) is 3.52. The van der Waals surface area contributed by atoms with Crippen molar-refractivity contribution in [3.63, 3.8) is 0 Å². The number of carbonyl (C=O) groups excluding carboxylic acids is 1. The molecule has 3 rings (SSSR count). The molecule has 2 aromatic rings. The molecule has 2 aromatic carbocycles. The first kappa shape index (κ1) is 14.4. The molecule has 0 unspecified atom stereocenters. The minimum atomic E-state index is -4.93. The highest BCUT2D eigenvalue weighted by Crippen LogP contribution is 2.34. The van der Waals surface area contributed by atoms with Crippen molar-refractivity contribution >= 4 is 17.3 Å². The van der Waals surface area contributed by atoms with Crippen molar-refractivity contribution in [2.45, 2.75) is 19.0 Å². The standard InChI is InChI=1S/C16H13F3N2O/c17-16(18,19)15(22)20-21-13-7-3-1-5-11(13)9-10-12-6-2-4-8-14(12)21/h1-8H,9-10H2,(H,20,22). The first-order chi connectivity index (χ1) is 10.5. The van der Waals surface area contributed by atoms with Crippen LogP contribution in [0.2, 0.25) is 0 Å². The van der Waals surface area contributed by atoms with Gasteiger partial charge in [0.15, 0.2) is 0 Å². The molecular weight excluding hydrogens is 293 g/mol. The van der Waals surface area contributed by atoms with E-state index in [-0.39, 0.29) is 0 Å². The SMILES string of the molecule is O=C(NN1c2ccccc2CCc2ccccc21)C(F)(F)F.